The first-order valence-corrected chi connectivity index (χ1v) is 9.97. The molecule has 1 aliphatic heterocycles. The molecular weight excluding hydrogens is 345 g/mol. The molecule has 0 N–H and O–H groups in total. The van der Waals surface area contributed by atoms with Gasteiger partial charge in [0.2, 0.25) is 0 Å². The van der Waals surface area contributed by atoms with E-state index >= 15 is 0 Å². The molecule has 1 atom stereocenters. The van der Waals surface area contributed by atoms with Gasteiger partial charge < -0.3 is 9.64 Å². The van der Waals surface area contributed by atoms with E-state index in [4.69, 9.17) is 4.74 Å². The molecule has 2 heterocycles. The molecule has 1 aromatic heterocycles. The van der Waals surface area contributed by atoms with Crippen LogP contribution < -0.4 is 0 Å². The van der Waals surface area contributed by atoms with Gasteiger partial charge in [0.1, 0.15) is 11.5 Å². The molecule has 2 aromatic rings. The standard InChI is InChI=1S/C21H24FN3O2/c22-17-5-1-2-6-19(17)25-18-7-3-4-16(18)20(23-25)21(26)24(15-8-9-15)12-14-10-11-27-13-14/h1-2,5-6,14-15H,3-4,7-13H2/t14-/m0/s1. The van der Waals surface area contributed by atoms with Gasteiger partial charge in [0.25, 0.3) is 5.91 Å². The molecule has 3 aliphatic rings. The molecule has 0 unspecified atom stereocenters. The number of aromatic nitrogens is 2. The van der Waals surface area contributed by atoms with Gasteiger partial charge in [-0.3, -0.25) is 4.79 Å². The minimum Gasteiger partial charge on any atom is -0.381 e. The van der Waals surface area contributed by atoms with Crippen molar-refractivity contribution in [1.82, 2.24) is 14.7 Å². The molecule has 142 valence electrons. The Morgan fingerprint density at radius 3 is 2.85 bits per heavy atom. The average Bonchev–Trinajstić information content (AvgIpc) is 3.08. The minimum atomic E-state index is -0.309. The molecule has 1 aromatic carbocycles. The minimum absolute atomic E-state index is 0.0117. The Morgan fingerprint density at radius 2 is 2.11 bits per heavy atom. The van der Waals surface area contributed by atoms with E-state index in [1.807, 2.05) is 4.90 Å². The Bertz CT molecular complexity index is 868. The molecule has 6 heteroatoms. The monoisotopic (exact) mass is 369 g/mol. The van der Waals surface area contributed by atoms with E-state index < -0.39 is 0 Å². The van der Waals surface area contributed by atoms with Crippen LogP contribution in [0, 0.1) is 11.7 Å². The maximum atomic E-state index is 14.4. The number of carbonyl (C=O) groups is 1. The van der Waals surface area contributed by atoms with Crippen molar-refractivity contribution in [3.63, 3.8) is 0 Å². The van der Waals surface area contributed by atoms with Crippen LogP contribution in [0.4, 0.5) is 4.39 Å². The third kappa shape index (κ3) is 3.06. The first-order chi connectivity index (χ1) is 13.2. The summed E-state index contributed by atoms with van der Waals surface area (Å²) in [6.45, 7) is 2.26. The van der Waals surface area contributed by atoms with Gasteiger partial charge in [-0.1, -0.05) is 12.1 Å². The summed E-state index contributed by atoms with van der Waals surface area (Å²) in [4.78, 5) is 15.4. The predicted molar refractivity (Wildman–Crippen MR) is 98.5 cm³/mol. The van der Waals surface area contributed by atoms with E-state index in [0.29, 0.717) is 23.3 Å². The molecule has 1 saturated heterocycles. The maximum Gasteiger partial charge on any atom is 0.274 e. The van der Waals surface area contributed by atoms with Gasteiger partial charge in [0.05, 0.1) is 6.61 Å². The fourth-order valence-corrected chi connectivity index (χ4v) is 4.36. The van der Waals surface area contributed by atoms with Crippen LogP contribution in [0.3, 0.4) is 0 Å². The van der Waals surface area contributed by atoms with Gasteiger partial charge >= 0.3 is 0 Å². The number of fused-ring (bicyclic) bond motifs is 1. The molecule has 5 nitrogen and oxygen atoms in total. The molecule has 27 heavy (non-hydrogen) atoms. The van der Waals surface area contributed by atoms with Crippen LogP contribution in [0.25, 0.3) is 5.69 Å². The Balaban J connectivity index is 1.50. The molecule has 0 bridgehead atoms. The molecule has 0 radical (unpaired) electrons. The number of para-hydroxylation sites is 1. The lowest BCUT2D eigenvalue weighted by Gasteiger charge is -2.24. The highest BCUT2D eigenvalue weighted by Crippen LogP contribution is 2.34. The second kappa shape index (κ2) is 6.75. The van der Waals surface area contributed by atoms with Crippen LogP contribution in [-0.2, 0) is 17.6 Å². The number of halogens is 1. The first-order valence-electron chi connectivity index (χ1n) is 9.97. The SMILES string of the molecule is O=C(c1nn(-c2ccccc2F)c2c1CCC2)N(C[C@@H]1CCOC1)C1CC1. The third-order valence-corrected chi connectivity index (χ3v) is 5.94. The number of hydrogen-bond donors (Lipinski definition) is 0. The summed E-state index contributed by atoms with van der Waals surface area (Å²) in [6.07, 6.45) is 5.81. The van der Waals surface area contributed by atoms with Crippen LogP contribution in [0.5, 0.6) is 0 Å². The van der Waals surface area contributed by atoms with Gasteiger partial charge in [-0.05, 0) is 50.7 Å². The number of amides is 1. The molecule has 1 saturated carbocycles. The Labute approximate surface area is 158 Å². The van der Waals surface area contributed by atoms with E-state index in [9.17, 15) is 9.18 Å². The summed E-state index contributed by atoms with van der Waals surface area (Å²) < 4.78 is 21.5. The van der Waals surface area contributed by atoms with Gasteiger partial charge in [-0.15, -0.1) is 0 Å². The number of nitrogens with zero attached hydrogens (tertiary/aromatic N) is 3. The summed E-state index contributed by atoms with van der Waals surface area (Å²) in [5, 5.41) is 4.62. The number of carbonyl (C=O) groups excluding carboxylic acids is 1. The van der Waals surface area contributed by atoms with Crippen molar-refractivity contribution in [2.75, 3.05) is 19.8 Å². The Kier molecular flexibility index (Phi) is 4.23. The van der Waals surface area contributed by atoms with Crippen molar-refractivity contribution < 1.29 is 13.9 Å². The van der Waals surface area contributed by atoms with E-state index in [0.717, 1.165) is 69.5 Å². The number of rotatable bonds is 5. The second-order valence-electron chi connectivity index (χ2n) is 7.91. The van der Waals surface area contributed by atoms with Crippen LogP contribution >= 0.6 is 0 Å². The van der Waals surface area contributed by atoms with Gasteiger partial charge in [0.15, 0.2) is 5.69 Å². The molecule has 0 spiro atoms. The Hall–Kier alpha value is -2.21. The first kappa shape index (κ1) is 16.9. The van der Waals surface area contributed by atoms with Crippen LogP contribution in [0.15, 0.2) is 24.3 Å². The quantitative estimate of drug-likeness (QED) is 0.814. The van der Waals surface area contributed by atoms with E-state index in [1.165, 1.54) is 6.07 Å². The lowest BCUT2D eigenvalue weighted by Crippen LogP contribution is -2.38. The van der Waals surface area contributed by atoms with Crippen molar-refractivity contribution in [2.45, 2.75) is 44.6 Å². The fourth-order valence-electron chi connectivity index (χ4n) is 4.36. The van der Waals surface area contributed by atoms with Gasteiger partial charge in [0, 0.05) is 36.4 Å². The van der Waals surface area contributed by atoms with E-state index in [-0.39, 0.29) is 11.7 Å². The fraction of sp³-hybridized carbons (Fsp3) is 0.524. The lowest BCUT2D eigenvalue weighted by atomic mass is 10.1. The predicted octanol–water partition coefficient (Wildman–Crippen LogP) is 3.14. The lowest BCUT2D eigenvalue weighted by molar-refractivity contribution is 0.0698. The van der Waals surface area contributed by atoms with Crippen LogP contribution in [0.2, 0.25) is 0 Å². The molecule has 2 aliphatic carbocycles. The molecule has 5 rings (SSSR count). The normalized spacial score (nSPS) is 21.4. The van der Waals surface area contributed by atoms with Gasteiger partial charge in [-0.25, -0.2) is 9.07 Å². The highest BCUT2D eigenvalue weighted by molar-refractivity contribution is 5.94. The zero-order valence-corrected chi connectivity index (χ0v) is 15.4. The second-order valence-corrected chi connectivity index (χ2v) is 7.91. The highest BCUT2D eigenvalue weighted by Gasteiger charge is 2.38. The van der Waals surface area contributed by atoms with Crippen molar-refractivity contribution in [3.05, 3.63) is 47.0 Å². The number of benzene rings is 1. The number of ether oxygens (including phenoxy) is 1. The van der Waals surface area contributed by atoms with Crippen LogP contribution in [0.1, 0.15) is 47.4 Å². The largest absolute Gasteiger partial charge is 0.381 e. The van der Waals surface area contributed by atoms with Crippen molar-refractivity contribution in [3.8, 4) is 5.69 Å². The molecular formula is C21H24FN3O2. The topological polar surface area (TPSA) is 47.4 Å². The summed E-state index contributed by atoms with van der Waals surface area (Å²) in [6, 6.07) is 6.97. The molecule has 1 amide bonds. The summed E-state index contributed by atoms with van der Waals surface area (Å²) in [7, 11) is 0. The number of hydrogen-bond acceptors (Lipinski definition) is 3. The van der Waals surface area contributed by atoms with Crippen molar-refractivity contribution in [1.29, 1.82) is 0 Å². The van der Waals surface area contributed by atoms with Crippen LogP contribution in [-0.4, -0.2) is 46.4 Å². The highest BCUT2D eigenvalue weighted by atomic mass is 19.1. The molecule has 2 fully saturated rings. The summed E-state index contributed by atoms with van der Waals surface area (Å²) >= 11 is 0. The smallest absolute Gasteiger partial charge is 0.274 e. The van der Waals surface area contributed by atoms with E-state index in [1.54, 1.807) is 22.9 Å². The van der Waals surface area contributed by atoms with E-state index in [2.05, 4.69) is 5.10 Å². The third-order valence-electron chi connectivity index (χ3n) is 5.94. The van der Waals surface area contributed by atoms with Crippen molar-refractivity contribution in [2.24, 2.45) is 5.92 Å². The Morgan fingerprint density at radius 1 is 1.26 bits per heavy atom. The van der Waals surface area contributed by atoms with Crippen molar-refractivity contribution >= 4 is 5.91 Å². The summed E-state index contributed by atoms with van der Waals surface area (Å²) in [5.41, 5.74) is 2.95. The zero-order chi connectivity index (χ0) is 18.4. The average molecular weight is 369 g/mol. The van der Waals surface area contributed by atoms with Gasteiger partial charge in [-0.2, -0.15) is 5.10 Å². The maximum absolute atomic E-state index is 14.4. The summed E-state index contributed by atoms with van der Waals surface area (Å²) in [5.74, 6) is 0.116. The zero-order valence-electron chi connectivity index (χ0n) is 15.4.